The van der Waals surface area contributed by atoms with Crippen LogP contribution in [0.25, 0.3) is 0 Å². The molecule has 0 N–H and O–H groups in total. The molecule has 0 atom stereocenters. The smallest absolute Gasteiger partial charge is 0.305 e. The van der Waals surface area contributed by atoms with E-state index in [9.17, 15) is 4.79 Å². The summed E-state index contributed by atoms with van der Waals surface area (Å²) in [5, 5.41) is 0. The first-order valence-corrected chi connectivity index (χ1v) is 5.28. The molecular formula is C10H19NO3. The molecule has 0 amide bonds. The molecule has 1 aliphatic heterocycles. The van der Waals surface area contributed by atoms with Crippen LogP contribution in [0, 0.1) is 0 Å². The zero-order valence-corrected chi connectivity index (χ0v) is 8.83. The molecule has 0 aromatic rings. The molecule has 0 aliphatic carbocycles. The van der Waals surface area contributed by atoms with Crippen LogP contribution in [0.15, 0.2) is 0 Å². The molecule has 0 aromatic heterocycles. The zero-order valence-electron chi connectivity index (χ0n) is 8.83. The second-order valence-electron chi connectivity index (χ2n) is 3.48. The Morgan fingerprint density at radius 2 is 2.43 bits per heavy atom. The second kappa shape index (κ2) is 6.79. The van der Waals surface area contributed by atoms with Gasteiger partial charge in [0.05, 0.1) is 13.3 Å². The highest BCUT2D eigenvalue weighted by molar-refractivity contribution is 5.69. The summed E-state index contributed by atoms with van der Waals surface area (Å²) < 4.78 is 10.2. The number of hydrogen-bond donors (Lipinski definition) is 0. The van der Waals surface area contributed by atoms with E-state index in [-0.39, 0.29) is 5.97 Å². The first-order valence-electron chi connectivity index (χ1n) is 5.28. The zero-order chi connectivity index (χ0) is 10.2. The Bertz CT molecular complexity index is 167. The molecule has 14 heavy (non-hydrogen) atoms. The Labute approximate surface area is 85.2 Å². The van der Waals surface area contributed by atoms with Gasteiger partial charge in [-0.05, 0) is 6.42 Å². The maximum Gasteiger partial charge on any atom is 0.305 e. The van der Waals surface area contributed by atoms with Gasteiger partial charge in [0, 0.05) is 19.5 Å². The molecule has 1 heterocycles. The highest BCUT2D eigenvalue weighted by Crippen LogP contribution is 1.99. The highest BCUT2D eigenvalue weighted by Gasteiger charge is 2.11. The van der Waals surface area contributed by atoms with Crippen molar-refractivity contribution in [3.05, 3.63) is 0 Å². The predicted molar refractivity (Wildman–Crippen MR) is 52.9 cm³/mol. The summed E-state index contributed by atoms with van der Waals surface area (Å²) in [4.78, 5) is 13.2. The SMILES string of the molecule is CCCCC(=O)OCCN1CCOC1. The van der Waals surface area contributed by atoms with E-state index in [4.69, 9.17) is 9.47 Å². The summed E-state index contributed by atoms with van der Waals surface area (Å²) in [5.41, 5.74) is 0. The summed E-state index contributed by atoms with van der Waals surface area (Å²) in [6.07, 6.45) is 2.51. The van der Waals surface area contributed by atoms with Gasteiger partial charge in [-0.15, -0.1) is 0 Å². The summed E-state index contributed by atoms with van der Waals surface area (Å²) in [6, 6.07) is 0. The number of unbranched alkanes of at least 4 members (excludes halogenated alkanes) is 1. The third-order valence-electron chi connectivity index (χ3n) is 2.23. The van der Waals surface area contributed by atoms with E-state index in [0.717, 1.165) is 32.5 Å². The van der Waals surface area contributed by atoms with E-state index in [1.54, 1.807) is 0 Å². The van der Waals surface area contributed by atoms with Crippen LogP contribution in [-0.4, -0.2) is 43.9 Å². The number of carbonyl (C=O) groups excluding carboxylic acids is 1. The molecule has 1 saturated heterocycles. The molecule has 82 valence electrons. The molecule has 4 nitrogen and oxygen atoms in total. The van der Waals surface area contributed by atoms with E-state index in [0.29, 0.717) is 19.8 Å². The monoisotopic (exact) mass is 201 g/mol. The predicted octanol–water partition coefficient (Wildman–Crippen LogP) is 1.01. The molecule has 0 bridgehead atoms. The largest absolute Gasteiger partial charge is 0.464 e. The highest BCUT2D eigenvalue weighted by atomic mass is 16.5. The lowest BCUT2D eigenvalue weighted by molar-refractivity contribution is -0.144. The molecule has 0 saturated carbocycles. The van der Waals surface area contributed by atoms with Crippen molar-refractivity contribution in [1.82, 2.24) is 4.90 Å². The van der Waals surface area contributed by atoms with Gasteiger partial charge in [-0.25, -0.2) is 0 Å². The van der Waals surface area contributed by atoms with Crippen molar-refractivity contribution in [2.45, 2.75) is 26.2 Å². The van der Waals surface area contributed by atoms with E-state index in [2.05, 4.69) is 11.8 Å². The van der Waals surface area contributed by atoms with Gasteiger partial charge in [0.25, 0.3) is 0 Å². The molecule has 1 rings (SSSR count). The fraction of sp³-hybridized carbons (Fsp3) is 0.900. The average Bonchev–Trinajstić information content (AvgIpc) is 2.67. The van der Waals surface area contributed by atoms with E-state index < -0.39 is 0 Å². The Kier molecular flexibility index (Phi) is 5.56. The van der Waals surface area contributed by atoms with Crippen molar-refractivity contribution in [1.29, 1.82) is 0 Å². The van der Waals surface area contributed by atoms with E-state index in [1.807, 2.05) is 0 Å². The first-order chi connectivity index (χ1) is 6.83. The number of rotatable bonds is 6. The fourth-order valence-electron chi connectivity index (χ4n) is 1.31. The minimum atomic E-state index is -0.0769. The van der Waals surface area contributed by atoms with Gasteiger partial charge in [0.15, 0.2) is 0 Å². The van der Waals surface area contributed by atoms with Crippen molar-refractivity contribution in [2.75, 3.05) is 33.0 Å². The van der Waals surface area contributed by atoms with Gasteiger partial charge >= 0.3 is 5.97 Å². The van der Waals surface area contributed by atoms with Crippen molar-refractivity contribution in [3.63, 3.8) is 0 Å². The number of esters is 1. The van der Waals surface area contributed by atoms with E-state index >= 15 is 0 Å². The summed E-state index contributed by atoms with van der Waals surface area (Å²) in [6.45, 7) is 5.77. The molecule has 1 fully saturated rings. The van der Waals surface area contributed by atoms with Gasteiger partial charge in [-0.3, -0.25) is 9.69 Å². The normalized spacial score (nSPS) is 17.2. The van der Waals surface area contributed by atoms with Gasteiger partial charge in [0.1, 0.15) is 6.61 Å². The lowest BCUT2D eigenvalue weighted by Crippen LogP contribution is -2.25. The topological polar surface area (TPSA) is 38.8 Å². The number of hydrogen-bond acceptors (Lipinski definition) is 4. The van der Waals surface area contributed by atoms with E-state index in [1.165, 1.54) is 0 Å². The number of carbonyl (C=O) groups is 1. The summed E-state index contributed by atoms with van der Waals surface area (Å²) >= 11 is 0. The maximum absolute atomic E-state index is 11.1. The Balaban J connectivity index is 1.94. The van der Waals surface area contributed by atoms with Crippen LogP contribution in [-0.2, 0) is 14.3 Å². The quantitative estimate of drug-likeness (QED) is 0.601. The number of nitrogens with zero attached hydrogens (tertiary/aromatic N) is 1. The first kappa shape index (κ1) is 11.5. The summed E-state index contributed by atoms with van der Waals surface area (Å²) in [5.74, 6) is -0.0769. The second-order valence-corrected chi connectivity index (χ2v) is 3.48. The lowest BCUT2D eigenvalue weighted by Gasteiger charge is -2.12. The van der Waals surface area contributed by atoms with Crippen LogP contribution in [0.3, 0.4) is 0 Å². The van der Waals surface area contributed by atoms with Crippen LogP contribution in [0.1, 0.15) is 26.2 Å². The molecular weight excluding hydrogens is 182 g/mol. The fourth-order valence-corrected chi connectivity index (χ4v) is 1.31. The molecule has 4 heteroatoms. The maximum atomic E-state index is 11.1. The number of ether oxygens (including phenoxy) is 2. The Morgan fingerprint density at radius 3 is 3.07 bits per heavy atom. The average molecular weight is 201 g/mol. The van der Waals surface area contributed by atoms with Crippen LogP contribution >= 0.6 is 0 Å². The Morgan fingerprint density at radius 1 is 1.57 bits per heavy atom. The minimum absolute atomic E-state index is 0.0769. The van der Waals surface area contributed by atoms with Gasteiger partial charge in [0.2, 0.25) is 0 Å². The van der Waals surface area contributed by atoms with Crippen molar-refractivity contribution in [2.24, 2.45) is 0 Å². The van der Waals surface area contributed by atoms with Crippen LogP contribution < -0.4 is 0 Å². The van der Waals surface area contributed by atoms with Crippen molar-refractivity contribution in [3.8, 4) is 0 Å². The van der Waals surface area contributed by atoms with Crippen LogP contribution in [0.5, 0.6) is 0 Å². The van der Waals surface area contributed by atoms with Crippen LogP contribution in [0.2, 0.25) is 0 Å². The molecule has 0 radical (unpaired) electrons. The molecule has 1 aliphatic rings. The minimum Gasteiger partial charge on any atom is -0.464 e. The third-order valence-corrected chi connectivity index (χ3v) is 2.23. The molecule has 0 aromatic carbocycles. The third kappa shape index (κ3) is 4.58. The standard InChI is InChI=1S/C10H19NO3/c1-2-3-4-10(12)14-8-6-11-5-7-13-9-11/h2-9H2,1H3. The summed E-state index contributed by atoms with van der Waals surface area (Å²) in [7, 11) is 0. The van der Waals surface area contributed by atoms with Crippen molar-refractivity contribution < 1.29 is 14.3 Å². The van der Waals surface area contributed by atoms with Crippen LogP contribution in [0.4, 0.5) is 0 Å². The van der Waals surface area contributed by atoms with Gasteiger partial charge in [-0.2, -0.15) is 0 Å². The van der Waals surface area contributed by atoms with Gasteiger partial charge < -0.3 is 9.47 Å². The molecule has 0 unspecified atom stereocenters. The Hall–Kier alpha value is -0.610. The molecule has 0 spiro atoms. The van der Waals surface area contributed by atoms with Gasteiger partial charge in [-0.1, -0.05) is 13.3 Å². The lowest BCUT2D eigenvalue weighted by atomic mass is 10.2. The van der Waals surface area contributed by atoms with Crippen molar-refractivity contribution >= 4 is 5.97 Å².